The molecule has 3 saturated heterocycles. The van der Waals surface area contributed by atoms with Gasteiger partial charge >= 0.3 is 0 Å². The molecule has 19 nitrogen and oxygen atoms in total. The van der Waals surface area contributed by atoms with Crippen LogP contribution in [0.5, 0.6) is 23.0 Å². The lowest BCUT2D eigenvalue weighted by atomic mass is 9.98. The van der Waals surface area contributed by atoms with Gasteiger partial charge in [-0.25, -0.2) is 0 Å². The summed E-state index contributed by atoms with van der Waals surface area (Å²) in [6.07, 6.45) is -21.2. The van der Waals surface area contributed by atoms with Gasteiger partial charge in [0.2, 0.25) is 23.8 Å². The number of hydrogen-bond donors (Lipinski definition) is 11. The molecule has 56 heavy (non-hydrogen) atoms. The molecule has 19 heteroatoms. The Labute approximate surface area is 318 Å². The van der Waals surface area contributed by atoms with Crippen molar-refractivity contribution in [2.24, 2.45) is 0 Å². The molecule has 0 unspecified atom stereocenters. The average molecular weight is 795 g/mol. The minimum Gasteiger partial charge on any atom is -0.508 e. The fourth-order valence-corrected chi connectivity index (χ4v) is 6.58. The second kappa shape index (κ2) is 16.9. The molecule has 4 heterocycles. The first-order valence-electron chi connectivity index (χ1n) is 17.8. The van der Waals surface area contributed by atoms with Gasteiger partial charge in [-0.2, -0.15) is 0 Å². The number of rotatable bonds is 10. The van der Waals surface area contributed by atoms with E-state index < -0.39 is 122 Å². The Morgan fingerprint density at radius 1 is 0.821 bits per heavy atom. The van der Waals surface area contributed by atoms with Crippen LogP contribution in [0.2, 0.25) is 0 Å². The third-order valence-electron chi connectivity index (χ3n) is 9.87. The van der Waals surface area contributed by atoms with E-state index in [4.69, 9.17) is 32.8 Å². The molecule has 1 aromatic heterocycles. The summed E-state index contributed by atoms with van der Waals surface area (Å²) >= 11 is 0. The van der Waals surface area contributed by atoms with E-state index >= 15 is 0 Å². The Bertz CT molecular complexity index is 1930. The van der Waals surface area contributed by atoms with E-state index in [0.29, 0.717) is 0 Å². The van der Waals surface area contributed by atoms with Crippen LogP contribution in [0.1, 0.15) is 26.3 Å². The monoisotopic (exact) mass is 794 g/mol. The van der Waals surface area contributed by atoms with Crippen LogP contribution in [-0.4, -0.2) is 155 Å². The van der Waals surface area contributed by atoms with Crippen molar-refractivity contribution in [3.63, 3.8) is 0 Å². The highest BCUT2D eigenvalue weighted by Gasteiger charge is 2.50. The van der Waals surface area contributed by atoms with Crippen molar-refractivity contribution in [3.05, 3.63) is 57.8 Å². The zero-order valence-corrected chi connectivity index (χ0v) is 30.4. The van der Waals surface area contributed by atoms with Crippen LogP contribution in [0, 0.1) is 0 Å². The number of phenolic OH excluding ortho intramolecular Hbond substituents is 2. The number of hydrogen-bond acceptors (Lipinski definition) is 19. The highest BCUT2D eigenvalue weighted by molar-refractivity contribution is 5.91. The molecule has 6 rings (SSSR count). The Balaban J connectivity index is 1.49. The molecule has 3 fully saturated rings. The molecule has 0 aliphatic carbocycles. The molecular weight excluding hydrogens is 748 g/mol. The summed E-state index contributed by atoms with van der Waals surface area (Å²) in [6.45, 7) is 3.78. The summed E-state index contributed by atoms with van der Waals surface area (Å²) in [6, 6.07) is 6.37. The van der Waals surface area contributed by atoms with E-state index in [2.05, 4.69) is 0 Å². The summed E-state index contributed by atoms with van der Waals surface area (Å²) in [4.78, 5) is 14.6. The van der Waals surface area contributed by atoms with Crippen molar-refractivity contribution in [1.29, 1.82) is 0 Å². The number of aliphatic hydroxyl groups is 9. The molecule has 2 aromatic carbocycles. The van der Waals surface area contributed by atoms with E-state index in [1.807, 2.05) is 0 Å². The average Bonchev–Trinajstić information content (AvgIpc) is 3.16. The van der Waals surface area contributed by atoms with Crippen molar-refractivity contribution < 1.29 is 89.0 Å². The highest BCUT2D eigenvalue weighted by Crippen LogP contribution is 2.42. The predicted molar refractivity (Wildman–Crippen MR) is 188 cm³/mol. The van der Waals surface area contributed by atoms with Gasteiger partial charge in [-0.3, -0.25) is 4.79 Å². The fraction of sp³-hybridized carbons (Fsp3) is 0.541. The van der Waals surface area contributed by atoms with Crippen LogP contribution >= 0.6 is 0 Å². The first-order chi connectivity index (χ1) is 26.5. The molecule has 0 amide bonds. The Hall–Kier alpha value is -3.93. The quantitative estimate of drug-likeness (QED) is 0.101. The molecular formula is C37H46O19. The van der Waals surface area contributed by atoms with Crippen LogP contribution in [0.25, 0.3) is 22.3 Å². The third kappa shape index (κ3) is 8.09. The lowest BCUT2D eigenvalue weighted by Crippen LogP contribution is -2.62. The zero-order chi connectivity index (χ0) is 40.7. The number of benzene rings is 2. The van der Waals surface area contributed by atoms with Gasteiger partial charge < -0.3 is 89.0 Å². The summed E-state index contributed by atoms with van der Waals surface area (Å²) in [5, 5.41) is 115. The molecule has 308 valence electrons. The highest BCUT2D eigenvalue weighted by atomic mass is 16.8. The SMILES string of the molecule is CC(C)=CCc1c(O[C@H]2O[C@H](CO)[C@@H](O)[C@H](O)[C@H]2O)cc(O)c2c(=O)c(O[C@@H]3O[C@@H](C)[C@H](O)[C@@H](O)[C@H]3O[C@H]3OC[C@@H](O)[C@H](O)[C@H]3O)c(-c3ccc(O)cc3)oc12. The van der Waals surface area contributed by atoms with Gasteiger partial charge in [-0.1, -0.05) is 11.6 Å². The minimum absolute atomic E-state index is 0.00244. The number of phenols is 2. The molecule has 0 radical (unpaired) electrons. The van der Waals surface area contributed by atoms with Gasteiger partial charge in [0.05, 0.1) is 19.3 Å². The molecule has 3 aromatic rings. The third-order valence-corrected chi connectivity index (χ3v) is 9.87. The Kier molecular flexibility index (Phi) is 12.6. The number of fused-ring (bicyclic) bond motifs is 1. The van der Waals surface area contributed by atoms with Gasteiger partial charge in [0.15, 0.2) is 18.2 Å². The molecule has 0 bridgehead atoms. The van der Waals surface area contributed by atoms with Crippen LogP contribution < -0.4 is 14.9 Å². The first-order valence-corrected chi connectivity index (χ1v) is 17.8. The summed E-state index contributed by atoms with van der Waals surface area (Å²) in [7, 11) is 0. The second-order valence-electron chi connectivity index (χ2n) is 14.2. The molecule has 0 saturated carbocycles. The Morgan fingerprint density at radius 3 is 2.16 bits per heavy atom. The van der Waals surface area contributed by atoms with Crippen LogP contribution in [-0.2, 0) is 25.4 Å². The van der Waals surface area contributed by atoms with Crippen molar-refractivity contribution in [1.82, 2.24) is 0 Å². The number of aromatic hydroxyl groups is 2. The van der Waals surface area contributed by atoms with E-state index in [9.17, 15) is 61.0 Å². The largest absolute Gasteiger partial charge is 0.508 e. The standard InChI is InChI=1S/C37H46O19/c1-13(2)4-9-17-20(52-36-30(49)27(46)25(44)21(11-38)53-36)10-18(40)22-26(45)33(31(54-32(17)22)15-5-7-16(39)8-6-15)55-37-34(28(47)23(42)14(3)51-37)56-35-29(48)24(43)19(41)12-50-35/h4-8,10,14,19,21,23-25,27-30,34-44,46-49H,9,11-12H2,1-3H3/t14-,19+,21+,23-,24-,25+,27-,28+,29+,30+,34+,35+,36-,37-/m0/s1. The lowest BCUT2D eigenvalue weighted by molar-refractivity contribution is -0.341. The van der Waals surface area contributed by atoms with Gasteiger partial charge in [0.1, 0.15) is 83.2 Å². The van der Waals surface area contributed by atoms with E-state index in [-0.39, 0.29) is 40.4 Å². The maximum absolute atomic E-state index is 14.6. The lowest BCUT2D eigenvalue weighted by Gasteiger charge is -2.44. The molecule has 11 N–H and O–H groups in total. The van der Waals surface area contributed by atoms with Gasteiger partial charge in [0.25, 0.3) is 0 Å². The molecule has 3 aliphatic heterocycles. The predicted octanol–water partition coefficient (Wildman–Crippen LogP) is -1.77. The van der Waals surface area contributed by atoms with Crippen LogP contribution in [0.3, 0.4) is 0 Å². The summed E-state index contributed by atoms with van der Waals surface area (Å²) in [5.74, 6) is -1.95. The van der Waals surface area contributed by atoms with Crippen LogP contribution in [0.4, 0.5) is 0 Å². The zero-order valence-electron chi connectivity index (χ0n) is 30.4. The minimum atomic E-state index is -1.83. The number of aliphatic hydroxyl groups excluding tert-OH is 9. The van der Waals surface area contributed by atoms with Crippen molar-refractivity contribution in [3.8, 4) is 34.3 Å². The first kappa shape index (κ1) is 41.7. The molecule has 14 atom stereocenters. The second-order valence-corrected chi connectivity index (χ2v) is 14.2. The molecule has 0 spiro atoms. The van der Waals surface area contributed by atoms with Crippen molar-refractivity contribution in [2.45, 2.75) is 113 Å². The van der Waals surface area contributed by atoms with E-state index in [1.165, 1.54) is 31.2 Å². The number of allylic oxidation sites excluding steroid dienone is 2. The van der Waals surface area contributed by atoms with Crippen molar-refractivity contribution in [2.75, 3.05) is 13.2 Å². The van der Waals surface area contributed by atoms with E-state index in [0.717, 1.165) is 11.6 Å². The maximum Gasteiger partial charge on any atom is 0.239 e. The van der Waals surface area contributed by atoms with Gasteiger partial charge in [-0.15, -0.1) is 0 Å². The van der Waals surface area contributed by atoms with Gasteiger partial charge in [0, 0.05) is 17.2 Å². The fourth-order valence-electron chi connectivity index (χ4n) is 6.58. The van der Waals surface area contributed by atoms with Crippen LogP contribution in [0.15, 0.2) is 51.2 Å². The van der Waals surface area contributed by atoms with E-state index in [1.54, 1.807) is 19.9 Å². The smallest absolute Gasteiger partial charge is 0.239 e. The maximum atomic E-state index is 14.6. The van der Waals surface area contributed by atoms with Crippen molar-refractivity contribution >= 4 is 11.0 Å². The summed E-state index contributed by atoms with van der Waals surface area (Å²) < 4.78 is 40.9. The summed E-state index contributed by atoms with van der Waals surface area (Å²) in [5.41, 5.74) is -0.140. The number of ether oxygens (including phenoxy) is 6. The normalized spacial score (nSPS) is 34.9. The topological polar surface area (TPSA) is 308 Å². The Morgan fingerprint density at radius 2 is 1.50 bits per heavy atom. The van der Waals surface area contributed by atoms with Gasteiger partial charge in [-0.05, 0) is 51.5 Å². The molecule has 3 aliphatic rings.